The Morgan fingerprint density at radius 1 is 0.921 bits per heavy atom. The minimum atomic E-state index is -4.74. The lowest BCUT2D eigenvalue weighted by atomic mass is 9.55. The summed E-state index contributed by atoms with van der Waals surface area (Å²) in [4.78, 5) is 20.8. The first-order valence-corrected chi connectivity index (χ1v) is 12.8. The van der Waals surface area contributed by atoms with E-state index >= 15 is 0 Å². The van der Waals surface area contributed by atoms with Crippen LogP contribution in [0.3, 0.4) is 0 Å². The summed E-state index contributed by atoms with van der Waals surface area (Å²) >= 11 is 0. The Balaban J connectivity index is 0.873. The van der Waals surface area contributed by atoms with Crippen molar-refractivity contribution in [2.75, 3.05) is 26.2 Å². The van der Waals surface area contributed by atoms with Gasteiger partial charge in [-0.3, -0.25) is 5.10 Å². The topological polar surface area (TPSA) is 111 Å². The van der Waals surface area contributed by atoms with Gasteiger partial charge in [-0.1, -0.05) is 0 Å². The third kappa shape index (κ3) is 3.62. The normalized spacial score (nSPS) is 25.5. The Morgan fingerprint density at radius 2 is 1.47 bits per heavy atom. The molecule has 7 rings (SSSR count). The van der Waals surface area contributed by atoms with E-state index in [0.717, 1.165) is 18.7 Å². The van der Waals surface area contributed by atoms with Crippen molar-refractivity contribution in [1.82, 2.24) is 35.2 Å². The minimum absolute atomic E-state index is 0.0774. The fourth-order valence-corrected chi connectivity index (χ4v) is 6.81. The number of aromatic amines is 1. The second kappa shape index (κ2) is 7.39. The molecule has 2 aromatic rings. The number of halogens is 5. The van der Waals surface area contributed by atoms with Gasteiger partial charge in [-0.2, -0.15) is 27.1 Å². The lowest BCUT2D eigenvalue weighted by Gasteiger charge is -2.63. The first-order chi connectivity index (χ1) is 17.8. The second-order valence-electron chi connectivity index (χ2n) is 12.2. The molecule has 2 N–H and O–H groups in total. The Hall–Kier alpha value is -2.90. The Morgan fingerprint density at radius 3 is 2.00 bits per heavy atom. The molecule has 0 radical (unpaired) electrons. The molecule has 38 heavy (non-hydrogen) atoms. The van der Waals surface area contributed by atoms with Crippen LogP contribution in [0.25, 0.3) is 0 Å². The van der Waals surface area contributed by atoms with E-state index in [9.17, 15) is 31.9 Å². The van der Waals surface area contributed by atoms with Crippen LogP contribution >= 0.6 is 0 Å². The van der Waals surface area contributed by atoms with Crippen molar-refractivity contribution in [3.8, 4) is 0 Å². The van der Waals surface area contributed by atoms with Crippen LogP contribution in [0.15, 0.2) is 12.1 Å². The number of urea groups is 1. The summed E-state index contributed by atoms with van der Waals surface area (Å²) in [5.41, 5.74) is -3.20. The summed E-state index contributed by atoms with van der Waals surface area (Å²) < 4.78 is 67.6. The van der Waals surface area contributed by atoms with E-state index < -0.39 is 35.0 Å². The number of amides is 2. The van der Waals surface area contributed by atoms with Gasteiger partial charge in [-0.15, -0.1) is 10.2 Å². The third-order valence-corrected chi connectivity index (χ3v) is 9.20. The van der Waals surface area contributed by atoms with Crippen LogP contribution in [-0.2, 0) is 17.7 Å². The van der Waals surface area contributed by atoms with Gasteiger partial charge in [0.25, 0.3) is 5.92 Å². The zero-order valence-corrected chi connectivity index (χ0v) is 20.3. The highest BCUT2D eigenvalue weighted by Crippen LogP contribution is 2.60. The Kier molecular flexibility index (Phi) is 4.70. The van der Waals surface area contributed by atoms with Crippen LogP contribution in [0, 0.1) is 16.7 Å². The maximum Gasteiger partial charge on any atom is 0.435 e. The van der Waals surface area contributed by atoms with Crippen LogP contribution in [-0.4, -0.2) is 72.5 Å². The number of carbonyl (C=O) groups excluding carboxylic acids is 1. The zero-order valence-electron chi connectivity index (χ0n) is 20.3. The van der Waals surface area contributed by atoms with Crippen LogP contribution in [0.1, 0.15) is 67.5 Å². The summed E-state index contributed by atoms with van der Waals surface area (Å²) in [5.74, 6) is -2.92. The van der Waals surface area contributed by atoms with Crippen LogP contribution in [0.4, 0.5) is 26.7 Å². The Labute approximate surface area is 213 Å². The number of carbonyl (C=O) groups is 1. The van der Waals surface area contributed by atoms with E-state index in [-0.39, 0.29) is 35.6 Å². The molecule has 4 heterocycles. The largest absolute Gasteiger partial charge is 0.435 e. The molecule has 9 nitrogen and oxygen atoms in total. The van der Waals surface area contributed by atoms with Gasteiger partial charge in [-0.25, -0.2) is 9.78 Å². The maximum atomic E-state index is 14.8. The van der Waals surface area contributed by atoms with Gasteiger partial charge in [0.1, 0.15) is 17.1 Å². The molecule has 0 unspecified atom stereocenters. The minimum Gasteiger partial charge on any atom is -0.382 e. The number of alkyl halides is 5. The summed E-state index contributed by atoms with van der Waals surface area (Å²) in [6, 6.07) is 1.14. The molecule has 14 heteroatoms. The number of rotatable bonds is 4. The average molecular weight is 540 g/mol. The molecule has 2 aromatic heterocycles. The molecule has 204 valence electrons. The van der Waals surface area contributed by atoms with Crippen molar-refractivity contribution >= 4 is 6.03 Å². The molecule has 0 atom stereocenters. The van der Waals surface area contributed by atoms with Crippen LogP contribution < -0.4 is 0 Å². The molecular weight excluding hydrogens is 513 g/mol. The van der Waals surface area contributed by atoms with Gasteiger partial charge < -0.3 is 14.9 Å². The van der Waals surface area contributed by atoms with E-state index in [2.05, 4.69) is 25.4 Å². The van der Waals surface area contributed by atoms with Crippen LogP contribution in [0.2, 0.25) is 0 Å². The van der Waals surface area contributed by atoms with Crippen molar-refractivity contribution in [1.29, 1.82) is 0 Å². The highest BCUT2D eigenvalue weighted by molar-refractivity contribution is 5.77. The molecule has 2 spiro atoms. The predicted molar refractivity (Wildman–Crippen MR) is 119 cm³/mol. The van der Waals surface area contributed by atoms with Gasteiger partial charge in [-0.05, 0) is 50.7 Å². The highest BCUT2D eigenvalue weighted by Gasteiger charge is 2.63. The van der Waals surface area contributed by atoms with Crippen molar-refractivity contribution in [2.45, 2.75) is 62.1 Å². The second-order valence-corrected chi connectivity index (χ2v) is 12.2. The van der Waals surface area contributed by atoms with Gasteiger partial charge in [0, 0.05) is 48.8 Å². The van der Waals surface area contributed by atoms with Crippen molar-refractivity contribution in [2.24, 2.45) is 16.7 Å². The lowest BCUT2D eigenvalue weighted by molar-refractivity contribution is -0.182. The fourth-order valence-electron chi connectivity index (χ4n) is 6.81. The first-order valence-electron chi connectivity index (χ1n) is 12.8. The Bertz CT molecular complexity index is 1260. The molecule has 2 amide bonds. The molecule has 2 saturated heterocycles. The van der Waals surface area contributed by atoms with E-state index in [1.54, 1.807) is 9.80 Å². The first kappa shape index (κ1) is 24.2. The molecule has 5 aliphatic rings. The molecule has 0 bridgehead atoms. The lowest BCUT2D eigenvalue weighted by Crippen LogP contribution is -2.71. The molecule has 3 aliphatic carbocycles. The number of hydrogen-bond donors (Lipinski definition) is 2. The van der Waals surface area contributed by atoms with Crippen molar-refractivity contribution < 1.29 is 31.9 Å². The monoisotopic (exact) mass is 539 g/mol. The average Bonchev–Trinajstić information content (AvgIpc) is 3.30. The number of likely N-dealkylation sites (tertiary alicyclic amines) is 2. The smallest absolute Gasteiger partial charge is 0.382 e. The summed E-state index contributed by atoms with van der Waals surface area (Å²) in [6.07, 6.45) is -1.19. The molecule has 3 saturated carbocycles. The summed E-state index contributed by atoms with van der Waals surface area (Å²) in [7, 11) is 0. The summed E-state index contributed by atoms with van der Waals surface area (Å²) in [5, 5.41) is 23.3. The SMILES string of the molecule is O=C(N1CC2(CC(c3nc(C4(O)CC4)n[nH]3)C2)C1)N1CC2(CC(C(F)(F)c3ccc(C(F)(F)F)nn3)C2)C1. The quantitative estimate of drug-likeness (QED) is 0.577. The predicted octanol–water partition coefficient (Wildman–Crippen LogP) is 3.40. The van der Waals surface area contributed by atoms with Crippen molar-refractivity contribution in [3.05, 3.63) is 35.2 Å². The number of aromatic nitrogens is 5. The van der Waals surface area contributed by atoms with Gasteiger partial charge >= 0.3 is 12.2 Å². The van der Waals surface area contributed by atoms with Gasteiger partial charge in [0.2, 0.25) is 0 Å². The van der Waals surface area contributed by atoms with Crippen molar-refractivity contribution in [3.63, 3.8) is 0 Å². The van der Waals surface area contributed by atoms with E-state index in [0.29, 0.717) is 57.0 Å². The standard InChI is InChI=1S/C24H26F5N7O2/c25-23(26,15-1-2-16(32-31-15)24(27,28)29)14-7-21(8-14)11-36(12-21)19(37)35-9-20(10-35)5-13(6-20)17-30-18(34-33-17)22(38)3-4-22/h1-2,13-14,38H,3-12H2,(H,30,33,34). The third-order valence-electron chi connectivity index (χ3n) is 9.20. The molecule has 2 aliphatic heterocycles. The fraction of sp³-hybridized carbons (Fsp3) is 0.708. The number of aliphatic hydroxyl groups is 1. The van der Waals surface area contributed by atoms with E-state index in [4.69, 9.17) is 0 Å². The highest BCUT2D eigenvalue weighted by atomic mass is 19.4. The molecule has 5 fully saturated rings. The van der Waals surface area contributed by atoms with Gasteiger partial charge in [0.05, 0.1) is 0 Å². The maximum absolute atomic E-state index is 14.8. The number of H-pyrrole nitrogens is 1. The van der Waals surface area contributed by atoms with Crippen LogP contribution in [0.5, 0.6) is 0 Å². The molecule has 0 aromatic carbocycles. The summed E-state index contributed by atoms with van der Waals surface area (Å²) in [6.45, 7) is 2.13. The van der Waals surface area contributed by atoms with E-state index in [1.165, 1.54) is 0 Å². The number of nitrogens with one attached hydrogen (secondary N) is 1. The van der Waals surface area contributed by atoms with E-state index in [1.807, 2.05) is 0 Å². The zero-order chi connectivity index (χ0) is 26.7. The number of hydrogen-bond acceptors (Lipinski definition) is 6. The molecular formula is C24H26F5N7O2. The number of nitrogens with zero attached hydrogens (tertiary/aromatic N) is 6. The van der Waals surface area contributed by atoms with Gasteiger partial charge in [0.15, 0.2) is 11.5 Å².